The van der Waals surface area contributed by atoms with Crippen molar-refractivity contribution in [1.29, 1.82) is 0 Å². The zero-order valence-corrected chi connectivity index (χ0v) is 11.0. The summed E-state index contributed by atoms with van der Waals surface area (Å²) in [6.07, 6.45) is 13.3. The number of rotatable bonds is 6. The summed E-state index contributed by atoms with van der Waals surface area (Å²) in [5.41, 5.74) is 0. The summed E-state index contributed by atoms with van der Waals surface area (Å²) < 4.78 is 2.28. The molecular weight excluding hydrogens is 210 g/mol. The normalized spacial score (nSPS) is 17.5. The van der Waals surface area contributed by atoms with Crippen molar-refractivity contribution in [3.05, 3.63) is 18.2 Å². The molecule has 96 valence electrons. The van der Waals surface area contributed by atoms with Crippen LogP contribution in [-0.4, -0.2) is 22.1 Å². The van der Waals surface area contributed by atoms with Crippen LogP contribution in [0.2, 0.25) is 0 Å². The van der Waals surface area contributed by atoms with Crippen molar-refractivity contribution in [3.8, 4) is 0 Å². The molecular formula is C14H25N3. The first kappa shape index (κ1) is 12.6. The average molecular weight is 235 g/mol. The second-order valence-electron chi connectivity index (χ2n) is 5.03. The van der Waals surface area contributed by atoms with E-state index in [0.29, 0.717) is 0 Å². The lowest BCUT2D eigenvalue weighted by Crippen LogP contribution is -2.32. The Morgan fingerprint density at radius 2 is 2.18 bits per heavy atom. The van der Waals surface area contributed by atoms with Gasteiger partial charge in [0.2, 0.25) is 0 Å². The van der Waals surface area contributed by atoms with Crippen LogP contribution < -0.4 is 5.32 Å². The van der Waals surface area contributed by atoms with Gasteiger partial charge in [0.05, 0.1) is 0 Å². The zero-order chi connectivity index (χ0) is 11.9. The predicted octanol–water partition coefficient (Wildman–Crippen LogP) is 2.76. The first-order valence-corrected chi connectivity index (χ1v) is 7.13. The molecule has 0 amide bonds. The minimum absolute atomic E-state index is 0.789. The molecule has 3 heteroatoms. The van der Waals surface area contributed by atoms with Gasteiger partial charge in [0.1, 0.15) is 5.82 Å². The fraction of sp³-hybridized carbons (Fsp3) is 0.786. The first-order valence-electron chi connectivity index (χ1n) is 7.13. The van der Waals surface area contributed by atoms with Crippen LogP contribution in [-0.2, 0) is 13.0 Å². The Bertz CT molecular complexity index is 313. The Morgan fingerprint density at radius 3 is 2.94 bits per heavy atom. The number of imidazole rings is 1. The molecule has 1 saturated carbocycles. The average Bonchev–Trinajstić information content (AvgIpc) is 2.83. The Kier molecular flexibility index (Phi) is 5.05. The number of hydrogen-bond acceptors (Lipinski definition) is 2. The smallest absolute Gasteiger partial charge is 0.108 e. The molecule has 0 radical (unpaired) electrons. The first-order chi connectivity index (χ1) is 8.40. The van der Waals surface area contributed by atoms with Crippen molar-refractivity contribution in [3.63, 3.8) is 0 Å². The summed E-state index contributed by atoms with van der Waals surface area (Å²) in [4.78, 5) is 4.35. The molecule has 1 aromatic heterocycles. The Morgan fingerprint density at radius 1 is 1.35 bits per heavy atom. The zero-order valence-electron chi connectivity index (χ0n) is 11.0. The fourth-order valence-electron chi connectivity index (χ4n) is 2.72. The van der Waals surface area contributed by atoms with E-state index in [1.54, 1.807) is 0 Å². The molecule has 0 saturated heterocycles. The van der Waals surface area contributed by atoms with E-state index in [2.05, 4.69) is 28.0 Å². The quantitative estimate of drug-likeness (QED) is 0.768. The van der Waals surface area contributed by atoms with Gasteiger partial charge in [-0.15, -0.1) is 0 Å². The second-order valence-corrected chi connectivity index (χ2v) is 5.03. The van der Waals surface area contributed by atoms with Crippen LogP contribution in [0.5, 0.6) is 0 Å². The van der Waals surface area contributed by atoms with E-state index in [0.717, 1.165) is 25.6 Å². The molecule has 1 fully saturated rings. The molecule has 0 aromatic carbocycles. The van der Waals surface area contributed by atoms with Crippen LogP contribution in [0.3, 0.4) is 0 Å². The highest BCUT2D eigenvalue weighted by atomic mass is 15.1. The van der Waals surface area contributed by atoms with Crippen LogP contribution in [0.15, 0.2) is 12.4 Å². The molecule has 0 atom stereocenters. The Hall–Kier alpha value is -0.830. The van der Waals surface area contributed by atoms with Crippen molar-refractivity contribution in [2.24, 2.45) is 0 Å². The Balaban J connectivity index is 1.62. The van der Waals surface area contributed by atoms with Gasteiger partial charge in [0.25, 0.3) is 0 Å². The topological polar surface area (TPSA) is 29.9 Å². The minimum Gasteiger partial charge on any atom is -0.335 e. The monoisotopic (exact) mass is 235 g/mol. The molecule has 1 aliphatic rings. The van der Waals surface area contributed by atoms with Crippen LogP contribution in [0.4, 0.5) is 0 Å². The highest BCUT2D eigenvalue weighted by Gasteiger charge is 2.11. The van der Waals surface area contributed by atoms with Crippen molar-refractivity contribution in [2.75, 3.05) is 6.54 Å². The summed E-state index contributed by atoms with van der Waals surface area (Å²) in [6.45, 7) is 4.41. The van der Waals surface area contributed by atoms with Gasteiger partial charge < -0.3 is 9.88 Å². The van der Waals surface area contributed by atoms with Crippen LogP contribution in [0.1, 0.15) is 51.3 Å². The largest absolute Gasteiger partial charge is 0.335 e. The van der Waals surface area contributed by atoms with Gasteiger partial charge in [-0.1, -0.05) is 26.2 Å². The standard InChI is InChI=1S/C14H25N3/c1-2-14-16-10-12-17(14)11-6-9-15-13-7-4-3-5-8-13/h10,12-13,15H,2-9,11H2,1H3. The maximum atomic E-state index is 4.35. The second kappa shape index (κ2) is 6.80. The number of nitrogens with one attached hydrogen (secondary N) is 1. The SMILES string of the molecule is CCc1nccn1CCCNC1CCCCC1. The summed E-state index contributed by atoms with van der Waals surface area (Å²) in [5, 5.41) is 3.69. The lowest BCUT2D eigenvalue weighted by molar-refractivity contribution is 0.368. The number of aromatic nitrogens is 2. The maximum Gasteiger partial charge on any atom is 0.108 e. The molecule has 0 bridgehead atoms. The molecule has 1 N–H and O–H groups in total. The van der Waals surface area contributed by atoms with E-state index < -0.39 is 0 Å². The Labute approximate surface area is 105 Å². The van der Waals surface area contributed by atoms with E-state index in [1.165, 1.54) is 44.3 Å². The van der Waals surface area contributed by atoms with Crippen LogP contribution in [0.25, 0.3) is 0 Å². The van der Waals surface area contributed by atoms with Gasteiger partial charge in [-0.25, -0.2) is 4.98 Å². The molecule has 1 aliphatic carbocycles. The molecule has 3 nitrogen and oxygen atoms in total. The molecule has 0 spiro atoms. The lowest BCUT2D eigenvalue weighted by atomic mass is 9.95. The summed E-state index contributed by atoms with van der Waals surface area (Å²) >= 11 is 0. The van der Waals surface area contributed by atoms with Crippen LogP contribution in [0, 0.1) is 0 Å². The van der Waals surface area contributed by atoms with Crippen LogP contribution >= 0.6 is 0 Å². The van der Waals surface area contributed by atoms with Gasteiger partial charge in [-0.05, 0) is 25.8 Å². The number of nitrogens with zero attached hydrogens (tertiary/aromatic N) is 2. The predicted molar refractivity (Wildman–Crippen MR) is 71.1 cm³/mol. The third kappa shape index (κ3) is 3.84. The molecule has 0 aliphatic heterocycles. The van der Waals surface area contributed by atoms with Gasteiger partial charge in [0, 0.05) is 31.4 Å². The van der Waals surface area contributed by atoms with Crippen molar-refractivity contribution >= 4 is 0 Å². The number of aryl methyl sites for hydroxylation is 2. The van der Waals surface area contributed by atoms with E-state index in [-0.39, 0.29) is 0 Å². The minimum atomic E-state index is 0.789. The van der Waals surface area contributed by atoms with Gasteiger partial charge in [0.15, 0.2) is 0 Å². The van der Waals surface area contributed by atoms with Crippen molar-refractivity contribution < 1.29 is 0 Å². The van der Waals surface area contributed by atoms with E-state index in [9.17, 15) is 0 Å². The van der Waals surface area contributed by atoms with Crippen molar-refractivity contribution in [2.45, 2.75) is 64.5 Å². The highest BCUT2D eigenvalue weighted by Crippen LogP contribution is 2.17. The molecule has 1 heterocycles. The van der Waals surface area contributed by atoms with Gasteiger partial charge >= 0.3 is 0 Å². The molecule has 2 rings (SSSR count). The third-order valence-electron chi connectivity index (χ3n) is 3.73. The summed E-state index contributed by atoms with van der Waals surface area (Å²) in [7, 11) is 0. The fourth-order valence-corrected chi connectivity index (χ4v) is 2.72. The molecule has 17 heavy (non-hydrogen) atoms. The molecule has 1 aromatic rings. The van der Waals surface area contributed by atoms with E-state index in [1.807, 2.05) is 6.20 Å². The summed E-state index contributed by atoms with van der Waals surface area (Å²) in [5.74, 6) is 1.21. The highest BCUT2D eigenvalue weighted by molar-refractivity contribution is 4.91. The summed E-state index contributed by atoms with van der Waals surface area (Å²) in [6, 6.07) is 0.789. The van der Waals surface area contributed by atoms with Gasteiger partial charge in [-0.3, -0.25) is 0 Å². The van der Waals surface area contributed by atoms with Crippen molar-refractivity contribution in [1.82, 2.24) is 14.9 Å². The third-order valence-corrected chi connectivity index (χ3v) is 3.73. The maximum absolute atomic E-state index is 4.35. The van der Waals surface area contributed by atoms with E-state index in [4.69, 9.17) is 0 Å². The van der Waals surface area contributed by atoms with Gasteiger partial charge in [-0.2, -0.15) is 0 Å². The molecule has 0 unspecified atom stereocenters. The number of hydrogen-bond donors (Lipinski definition) is 1. The lowest BCUT2D eigenvalue weighted by Gasteiger charge is -2.22. The van der Waals surface area contributed by atoms with E-state index >= 15 is 0 Å².